The van der Waals surface area contributed by atoms with Gasteiger partial charge in [-0.1, -0.05) is 0 Å². The van der Waals surface area contributed by atoms with Gasteiger partial charge in [-0.25, -0.2) is 4.39 Å². The maximum Gasteiger partial charge on any atom is 0.255 e. The molecule has 1 heterocycles. The van der Waals surface area contributed by atoms with E-state index in [9.17, 15) is 9.18 Å². The molecule has 0 radical (unpaired) electrons. The molecule has 3 aromatic rings. The van der Waals surface area contributed by atoms with Crippen LogP contribution in [0.2, 0.25) is 0 Å². The Bertz CT molecular complexity index is 837. The number of amides is 1. The molecule has 1 aromatic heterocycles. The second kappa shape index (κ2) is 5.52. The molecule has 0 unspecified atom stereocenters. The summed E-state index contributed by atoms with van der Waals surface area (Å²) in [6, 6.07) is 11.1. The lowest BCUT2D eigenvalue weighted by molar-refractivity contribution is 0.0964. The van der Waals surface area contributed by atoms with E-state index in [0.29, 0.717) is 33.6 Å². The Hall–Kier alpha value is -2.82. The van der Waals surface area contributed by atoms with E-state index in [2.05, 4.69) is 5.32 Å². The number of fused-ring (bicyclic) bond motifs is 1. The molecule has 112 valence electrons. The van der Waals surface area contributed by atoms with Crippen molar-refractivity contribution in [3.05, 3.63) is 53.8 Å². The van der Waals surface area contributed by atoms with Crippen molar-refractivity contribution in [1.29, 1.82) is 0 Å². The smallest absolute Gasteiger partial charge is 0.255 e. The van der Waals surface area contributed by atoms with Crippen LogP contribution in [0.1, 0.15) is 10.4 Å². The molecule has 3 rings (SSSR count). The first-order valence-electron chi connectivity index (χ1n) is 6.72. The number of hydrogen-bond acceptors (Lipinski definition) is 3. The molecular weight excluding hydrogens is 285 g/mol. The fraction of sp³-hybridized carbons (Fsp3) is 0.118. The number of carbonyl (C=O) groups is 1. The van der Waals surface area contributed by atoms with Crippen LogP contribution in [-0.4, -0.2) is 20.1 Å². The zero-order chi connectivity index (χ0) is 15.7. The Morgan fingerprint density at radius 3 is 2.55 bits per heavy atom. The molecule has 0 spiro atoms. The highest BCUT2D eigenvalue weighted by Gasteiger charge is 2.21. The van der Waals surface area contributed by atoms with Gasteiger partial charge in [0.2, 0.25) is 0 Å². The van der Waals surface area contributed by atoms with Gasteiger partial charge in [-0.05, 0) is 42.5 Å². The van der Waals surface area contributed by atoms with Crippen LogP contribution in [0.5, 0.6) is 5.75 Å². The number of carbonyl (C=O) groups excluding carboxylic acids is 1. The van der Waals surface area contributed by atoms with Crippen molar-refractivity contribution in [1.82, 2.24) is 5.32 Å². The van der Waals surface area contributed by atoms with Crippen molar-refractivity contribution >= 4 is 16.9 Å². The van der Waals surface area contributed by atoms with Gasteiger partial charge in [0.25, 0.3) is 5.91 Å². The monoisotopic (exact) mass is 299 g/mol. The molecule has 0 bridgehead atoms. The van der Waals surface area contributed by atoms with Crippen LogP contribution in [0, 0.1) is 5.82 Å². The van der Waals surface area contributed by atoms with Gasteiger partial charge in [-0.15, -0.1) is 0 Å². The topological polar surface area (TPSA) is 51.5 Å². The Morgan fingerprint density at radius 1 is 1.18 bits per heavy atom. The standard InChI is InChI=1S/C17H14FNO3/c1-19-17(20)15-13-9-12(21-2)7-8-14(13)22-16(15)10-3-5-11(18)6-4-10/h3-9H,1-2H3,(H,19,20). The molecule has 0 aliphatic carbocycles. The summed E-state index contributed by atoms with van der Waals surface area (Å²) in [7, 11) is 3.11. The quantitative estimate of drug-likeness (QED) is 0.804. The zero-order valence-corrected chi connectivity index (χ0v) is 12.1. The molecule has 2 aromatic carbocycles. The van der Waals surface area contributed by atoms with E-state index in [1.54, 1.807) is 44.5 Å². The molecule has 0 aliphatic rings. The van der Waals surface area contributed by atoms with Crippen molar-refractivity contribution in [3.8, 4) is 17.1 Å². The Labute approximate surface area is 126 Å². The molecule has 4 nitrogen and oxygen atoms in total. The first kappa shape index (κ1) is 14.1. The van der Waals surface area contributed by atoms with Crippen molar-refractivity contribution < 1.29 is 18.3 Å². The first-order chi connectivity index (χ1) is 10.6. The highest BCUT2D eigenvalue weighted by Crippen LogP contribution is 2.35. The van der Waals surface area contributed by atoms with Gasteiger partial charge in [0, 0.05) is 18.0 Å². The second-order valence-electron chi connectivity index (χ2n) is 4.75. The van der Waals surface area contributed by atoms with Crippen LogP contribution < -0.4 is 10.1 Å². The SMILES string of the molecule is CNC(=O)c1c(-c2ccc(F)cc2)oc2ccc(OC)cc12. The normalized spacial score (nSPS) is 10.7. The summed E-state index contributed by atoms with van der Waals surface area (Å²) in [5.41, 5.74) is 1.61. The van der Waals surface area contributed by atoms with Crippen LogP contribution in [0.25, 0.3) is 22.3 Å². The predicted octanol–water partition coefficient (Wildman–Crippen LogP) is 3.61. The third-order valence-corrected chi connectivity index (χ3v) is 3.46. The number of rotatable bonds is 3. The Morgan fingerprint density at radius 2 is 1.91 bits per heavy atom. The fourth-order valence-electron chi connectivity index (χ4n) is 2.36. The van der Waals surface area contributed by atoms with Crippen LogP contribution in [0.4, 0.5) is 4.39 Å². The van der Waals surface area contributed by atoms with E-state index in [1.807, 2.05) is 0 Å². The largest absolute Gasteiger partial charge is 0.497 e. The molecule has 0 aliphatic heterocycles. The maximum absolute atomic E-state index is 13.1. The number of halogens is 1. The molecule has 0 saturated carbocycles. The van der Waals surface area contributed by atoms with Crippen molar-refractivity contribution in [2.45, 2.75) is 0 Å². The number of benzene rings is 2. The lowest BCUT2D eigenvalue weighted by Gasteiger charge is -2.03. The van der Waals surface area contributed by atoms with Gasteiger partial charge in [-0.2, -0.15) is 0 Å². The third kappa shape index (κ3) is 2.30. The van der Waals surface area contributed by atoms with Crippen LogP contribution in [0.3, 0.4) is 0 Å². The number of ether oxygens (including phenoxy) is 1. The summed E-state index contributed by atoms with van der Waals surface area (Å²) in [6.07, 6.45) is 0. The maximum atomic E-state index is 13.1. The van der Waals surface area contributed by atoms with Gasteiger partial charge < -0.3 is 14.5 Å². The van der Waals surface area contributed by atoms with Gasteiger partial charge >= 0.3 is 0 Å². The minimum Gasteiger partial charge on any atom is -0.497 e. The molecule has 5 heteroatoms. The summed E-state index contributed by atoms with van der Waals surface area (Å²) in [5, 5.41) is 3.26. The first-order valence-corrected chi connectivity index (χ1v) is 6.72. The summed E-state index contributed by atoms with van der Waals surface area (Å²) in [6.45, 7) is 0. The van der Waals surface area contributed by atoms with Crippen molar-refractivity contribution in [3.63, 3.8) is 0 Å². The summed E-state index contributed by atoms with van der Waals surface area (Å²) in [5.74, 6) is 0.418. The minimum atomic E-state index is -0.344. The molecule has 0 saturated heterocycles. The minimum absolute atomic E-state index is 0.272. The van der Waals surface area contributed by atoms with Gasteiger partial charge in [-0.3, -0.25) is 4.79 Å². The second-order valence-corrected chi connectivity index (χ2v) is 4.75. The Kier molecular flexibility index (Phi) is 3.55. The predicted molar refractivity (Wildman–Crippen MR) is 81.6 cm³/mol. The number of furan rings is 1. The summed E-state index contributed by atoms with van der Waals surface area (Å²) >= 11 is 0. The summed E-state index contributed by atoms with van der Waals surface area (Å²) in [4.78, 5) is 12.3. The molecule has 0 atom stereocenters. The van der Waals surface area contributed by atoms with Crippen LogP contribution >= 0.6 is 0 Å². The van der Waals surface area contributed by atoms with Gasteiger partial charge in [0.05, 0.1) is 12.7 Å². The lowest BCUT2D eigenvalue weighted by atomic mass is 10.0. The van der Waals surface area contributed by atoms with E-state index >= 15 is 0 Å². The molecule has 0 fully saturated rings. The van der Waals surface area contributed by atoms with Gasteiger partial charge in [0.15, 0.2) is 0 Å². The zero-order valence-electron chi connectivity index (χ0n) is 12.1. The van der Waals surface area contributed by atoms with Gasteiger partial charge in [0.1, 0.15) is 22.9 Å². The van der Waals surface area contributed by atoms with E-state index in [1.165, 1.54) is 12.1 Å². The Balaban J connectivity index is 2.28. The van der Waals surface area contributed by atoms with Crippen molar-refractivity contribution in [2.75, 3.05) is 14.2 Å². The van der Waals surface area contributed by atoms with E-state index in [-0.39, 0.29) is 11.7 Å². The highest BCUT2D eigenvalue weighted by molar-refractivity contribution is 6.11. The molecule has 1 amide bonds. The average molecular weight is 299 g/mol. The molecule has 1 N–H and O–H groups in total. The van der Waals surface area contributed by atoms with Crippen LogP contribution in [0.15, 0.2) is 46.9 Å². The van der Waals surface area contributed by atoms with E-state index in [0.717, 1.165) is 0 Å². The molecular formula is C17H14FNO3. The van der Waals surface area contributed by atoms with E-state index in [4.69, 9.17) is 9.15 Å². The highest BCUT2D eigenvalue weighted by atomic mass is 19.1. The van der Waals surface area contributed by atoms with Crippen LogP contribution in [-0.2, 0) is 0 Å². The number of nitrogens with one attached hydrogen (secondary N) is 1. The van der Waals surface area contributed by atoms with Crippen molar-refractivity contribution in [2.24, 2.45) is 0 Å². The number of hydrogen-bond donors (Lipinski definition) is 1. The summed E-state index contributed by atoms with van der Waals surface area (Å²) < 4.78 is 24.1. The lowest BCUT2D eigenvalue weighted by Crippen LogP contribution is -2.18. The van der Waals surface area contributed by atoms with E-state index < -0.39 is 0 Å². The molecule has 22 heavy (non-hydrogen) atoms. The third-order valence-electron chi connectivity index (χ3n) is 3.46. The fourth-order valence-corrected chi connectivity index (χ4v) is 2.36. The number of methoxy groups -OCH3 is 1. The average Bonchev–Trinajstić information content (AvgIpc) is 2.93.